The molecule has 1 atom stereocenters. The molecule has 3 aliphatic rings. The van der Waals surface area contributed by atoms with Crippen LogP contribution >= 0.6 is 0 Å². The first-order chi connectivity index (χ1) is 34.6. The minimum atomic E-state index is -0.345. The standard InChI is InChI=1S/C46H34.C13H15N.C7H9N.C2H6/c1-31-19-21-35(22-20-31)44-38-15-7-5-11-32(38)25-29-40(44)34-23-27-37(28-24-34)46(36-13-3-2-4-14-36)42-18-10-9-17-41(42)45-39-16-8-6-12-33(39)26-30-43(45)46;14-10-11-5-4-8-13(9-11)12-6-2-1-3-7-12;8-6-7-4-2-1-3-5-7;1-2/h2-25,27-29H,26,30H2,1H3;2,4-9H,1,3,10,14H2;1-5H,6,8H2;1-2H3. The van der Waals surface area contributed by atoms with E-state index in [0.717, 1.165) is 19.3 Å². The molecule has 12 rings (SSSR count). The molecular formula is C68H64N2. The average molecular weight is 909 g/mol. The van der Waals surface area contributed by atoms with Crippen molar-refractivity contribution in [2.75, 3.05) is 0 Å². The molecule has 0 saturated carbocycles. The number of rotatable bonds is 7. The summed E-state index contributed by atoms with van der Waals surface area (Å²) < 4.78 is 0. The van der Waals surface area contributed by atoms with Crippen molar-refractivity contribution in [2.45, 2.75) is 65.0 Å². The predicted molar refractivity (Wildman–Crippen MR) is 299 cm³/mol. The first-order valence-electron chi connectivity index (χ1n) is 25.1. The van der Waals surface area contributed by atoms with E-state index in [1.165, 1.54) is 112 Å². The van der Waals surface area contributed by atoms with Gasteiger partial charge >= 0.3 is 0 Å². The Kier molecular flexibility index (Phi) is 15.1. The minimum absolute atomic E-state index is 0.345. The maximum absolute atomic E-state index is 5.61. The first-order valence-corrected chi connectivity index (χ1v) is 25.1. The van der Waals surface area contributed by atoms with Crippen molar-refractivity contribution in [3.05, 3.63) is 298 Å². The topological polar surface area (TPSA) is 52.0 Å². The van der Waals surface area contributed by atoms with Gasteiger partial charge in [0.15, 0.2) is 0 Å². The Morgan fingerprint density at radius 3 is 1.81 bits per heavy atom. The van der Waals surface area contributed by atoms with Crippen LogP contribution in [0.5, 0.6) is 0 Å². The fourth-order valence-corrected chi connectivity index (χ4v) is 10.7. The average Bonchev–Trinajstić information content (AvgIpc) is 3.76. The number of nitrogens with two attached hydrogens (primary N) is 2. The molecule has 0 fully saturated rings. The maximum atomic E-state index is 5.61. The van der Waals surface area contributed by atoms with Gasteiger partial charge in [-0.2, -0.15) is 0 Å². The third-order valence-electron chi connectivity index (χ3n) is 14.0. The van der Waals surface area contributed by atoms with Gasteiger partial charge in [-0.15, -0.1) is 0 Å². The second-order valence-electron chi connectivity index (χ2n) is 18.1. The van der Waals surface area contributed by atoms with Gasteiger partial charge in [-0.3, -0.25) is 0 Å². The van der Waals surface area contributed by atoms with E-state index in [4.69, 9.17) is 11.5 Å². The summed E-state index contributed by atoms with van der Waals surface area (Å²) in [4.78, 5) is 0. The van der Waals surface area contributed by atoms with Crippen LogP contribution < -0.4 is 11.5 Å². The van der Waals surface area contributed by atoms with Crippen LogP contribution in [0, 0.1) is 6.92 Å². The number of allylic oxidation sites excluding steroid dienone is 5. The van der Waals surface area contributed by atoms with Crippen LogP contribution in [0.2, 0.25) is 0 Å². The van der Waals surface area contributed by atoms with E-state index in [0.29, 0.717) is 13.1 Å². The van der Waals surface area contributed by atoms with Crippen molar-refractivity contribution in [2.24, 2.45) is 11.5 Å². The van der Waals surface area contributed by atoms with E-state index < -0.39 is 0 Å². The molecule has 3 aliphatic carbocycles. The van der Waals surface area contributed by atoms with Crippen LogP contribution in [-0.2, 0) is 24.9 Å². The lowest BCUT2D eigenvalue weighted by atomic mass is 9.65. The monoisotopic (exact) mass is 909 g/mol. The molecule has 0 amide bonds. The Balaban J connectivity index is 0.000000208. The summed E-state index contributed by atoms with van der Waals surface area (Å²) in [6.07, 6.45) is 11.1. The van der Waals surface area contributed by atoms with Crippen LogP contribution in [0.3, 0.4) is 0 Å². The van der Waals surface area contributed by atoms with Gasteiger partial charge in [-0.1, -0.05) is 250 Å². The zero-order chi connectivity index (χ0) is 48.3. The first kappa shape index (κ1) is 47.4. The van der Waals surface area contributed by atoms with E-state index >= 15 is 0 Å². The summed E-state index contributed by atoms with van der Waals surface area (Å²) >= 11 is 0. The summed E-state index contributed by atoms with van der Waals surface area (Å²) in [6, 6.07) is 79.7. The van der Waals surface area contributed by atoms with Crippen molar-refractivity contribution >= 4 is 21.9 Å². The van der Waals surface area contributed by atoms with Crippen molar-refractivity contribution in [3.63, 3.8) is 0 Å². The summed E-state index contributed by atoms with van der Waals surface area (Å²) in [5.41, 5.74) is 33.2. The fraction of sp³-hybridized carbons (Fsp3) is 0.147. The third kappa shape index (κ3) is 9.54. The Labute approximate surface area is 416 Å². The van der Waals surface area contributed by atoms with Gasteiger partial charge in [0.2, 0.25) is 0 Å². The van der Waals surface area contributed by atoms with Crippen LogP contribution in [0.4, 0.5) is 0 Å². The Hall–Kier alpha value is -7.62. The van der Waals surface area contributed by atoms with Crippen molar-refractivity contribution in [3.8, 4) is 22.3 Å². The molecule has 346 valence electrons. The van der Waals surface area contributed by atoms with Crippen molar-refractivity contribution in [1.82, 2.24) is 0 Å². The van der Waals surface area contributed by atoms with E-state index in [1.54, 1.807) is 0 Å². The van der Waals surface area contributed by atoms with E-state index in [2.05, 4.69) is 213 Å². The Bertz CT molecular complexity index is 3280. The van der Waals surface area contributed by atoms with Gasteiger partial charge in [0.05, 0.1) is 5.41 Å². The van der Waals surface area contributed by atoms with Crippen molar-refractivity contribution < 1.29 is 0 Å². The summed E-state index contributed by atoms with van der Waals surface area (Å²) in [6.45, 7) is 7.41. The SMILES string of the molecule is CC.Cc1ccc(-c2c(-c3ccc(C4(c5ccccc5)C5=C(c6ccccc6CC5)c5ccccc54)cc3)ccc3ccccc23)cc1.NCc1cccc(C2=CCCC=C2)c1.NCc1ccccc1. The molecule has 0 radical (unpaired) electrons. The van der Waals surface area contributed by atoms with E-state index in [-0.39, 0.29) is 5.41 Å². The van der Waals surface area contributed by atoms with Crippen molar-refractivity contribution in [1.29, 1.82) is 0 Å². The maximum Gasteiger partial charge on any atom is 0.0676 e. The highest BCUT2D eigenvalue weighted by molar-refractivity contribution is 6.04. The second-order valence-corrected chi connectivity index (χ2v) is 18.1. The molecule has 4 N–H and O–H groups in total. The van der Waals surface area contributed by atoms with E-state index in [1.807, 2.05) is 44.2 Å². The molecule has 0 bridgehead atoms. The van der Waals surface area contributed by atoms with Crippen LogP contribution in [0.1, 0.15) is 88.7 Å². The van der Waals surface area contributed by atoms with Gasteiger partial charge in [0.1, 0.15) is 0 Å². The van der Waals surface area contributed by atoms with Crippen LogP contribution in [0.25, 0.3) is 44.2 Å². The summed E-state index contributed by atoms with van der Waals surface area (Å²) in [5.74, 6) is 0. The molecule has 0 aliphatic heterocycles. The molecule has 9 aromatic rings. The number of benzene rings is 9. The molecular weight excluding hydrogens is 845 g/mol. The number of hydrogen-bond acceptors (Lipinski definition) is 2. The second kappa shape index (κ2) is 22.2. The lowest BCUT2D eigenvalue weighted by molar-refractivity contribution is 0.690. The highest BCUT2D eigenvalue weighted by Crippen LogP contribution is 2.59. The van der Waals surface area contributed by atoms with E-state index in [9.17, 15) is 0 Å². The zero-order valence-electron chi connectivity index (χ0n) is 40.9. The number of fused-ring (bicyclic) bond motifs is 5. The molecule has 0 spiro atoms. The third-order valence-corrected chi connectivity index (χ3v) is 14.0. The zero-order valence-corrected chi connectivity index (χ0v) is 40.9. The molecule has 2 nitrogen and oxygen atoms in total. The van der Waals surface area contributed by atoms with Gasteiger partial charge in [0, 0.05) is 13.1 Å². The van der Waals surface area contributed by atoms with Gasteiger partial charge in [0.25, 0.3) is 0 Å². The lowest BCUT2D eigenvalue weighted by Gasteiger charge is -2.37. The smallest absolute Gasteiger partial charge is 0.0676 e. The highest BCUT2D eigenvalue weighted by Gasteiger charge is 2.48. The molecule has 0 aromatic heterocycles. The summed E-state index contributed by atoms with van der Waals surface area (Å²) in [5, 5.41) is 2.55. The lowest BCUT2D eigenvalue weighted by Crippen LogP contribution is -2.30. The number of aryl methyl sites for hydroxylation is 2. The highest BCUT2D eigenvalue weighted by atomic mass is 14.5. The largest absolute Gasteiger partial charge is 0.326 e. The Morgan fingerprint density at radius 1 is 0.471 bits per heavy atom. The molecule has 70 heavy (non-hydrogen) atoms. The fourth-order valence-electron chi connectivity index (χ4n) is 10.7. The summed E-state index contributed by atoms with van der Waals surface area (Å²) in [7, 11) is 0. The molecule has 0 heterocycles. The number of hydrogen-bond donors (Lipinski definition) is 2. The van der Waals surface area contributed by atoms with Gasteiger partial charge in [-0.05, 0) is 138 Å². The van der Waals surface area contributed by atoms with Gasteiger partial charge < -0.3 is 11.5 Å². The predicted octanol–water partition coefficient (Wildman–Crippen LogP) is 16.6. The quantitative estimate of drug-likeness (QED) is 0.167. The minimum Gasteiger partial charge on any atom is -0.326 e. The molecule has 9 aromatic carbocycles. The molecule has 2 heteroatoms. The Morgan fingerprint density at radius 2 is 1.10 bits per heavy atom. The van der Waals surface area contributed by atoms with Crippen LogP contribution in [-0.4, -0.2) is 0 Å². The van der Waals surface area contributed by atoms with Crippen LogP contribution in [0.15, 0.2) is 242 Å². The van der Waals surface area contributed by atoms with Gasteiger partial charge in [-0.25, -0.2) is 0 Å². The normalized spacial score (nSPS) is 15.1. The molecule has 0 saturated heterocycles. The molecule has 1 unspecified atom stereocenters.